The maximum Gasteiger partial charge on any atom is 0.283 e. The molecule has 0 atom stereocenters. The lowest BCUT2D eigenvalue weighted by Crippen LogP contribution is -2.40. The van der Waals surface area contributed by atoms with Gasteiger partial charge in [-0.15, -0.1) is 11.3 Å². The highest BCUT2D eigenvalue weighted by molar-refractivity contribution is 7.14. The number of aromatic amines is 1. The van der Waals surface area contributed by atoms with Gasteiger partial charge in [0.15, 0.2) is 5.01 Å². The second kappa shape index (κ2) is 8.20. The Morgan fingerprint density at radius 1 is 1.30 bits per heavy atom. The van der Waals surface area contributed by atoms with E-state index >= 15 is 0 Å². The van der Waals surface area contributed by atoms with Crippen molar-refractivity contribution >= 4 is 17.2 Å². The standard InChI is InChI=1S/C22H24N4O3S/c27-9-8-26(16-3-1-2-4-16)22(28)21-25-20-17-6-5-14(15-12-23-24-13-15)11-18(17)29-10-7-19(20)30-21/h5-6,11-13,16,27H,1-4,7-10H2,(H,23,24). The first-order valence-corrected chi connectivity index (χ1v) is 11.2. The number of benzene rings is 1. The van der Waals surface area contributed by atoms with Crippen molar-refractivity contribution in [3.63, 3.8) is 0 Å². The number of fused-ring (bicyclic) bond motifs is 3. The monoisotopic (exact) mass is 424 g/mol. The van der Waals surface area contributed by atoms with E-state index in [1.54, 1.807) is 6.20 Å². The number of carbonyl (C=O) groups is 1. The highest BCUT2D eigenvalue weighted by Gasteiger charge is 2.30. The van der Waals surface area contributed by atoms with E-state index in [0.717, 1.165) is 65.1 Å². The number of rotatable bonds is 5. The maximum absolute atomic E-state index is 13.3. The minimum atomic E-state index is -0.0634. The second-order valence-corrected chi connectivity index (χ2v) is 8.83. The summed E-state index contributed by atoms with van der Waals surface area (Å²) in [6.07, 6.45) is 8.63. The average Bonchev–Trinajstić information content (AvgIpc) is 3.52. The number of hydrogen-bond donors (Lipinski definition) is 2. The number of aromatic nitrogens is 3. The van der Waals surface area contributed by atoms with Gasteiger partial charge < -0.3 is 14.7 Å². The number of nitrogens with zero attached hydrogens (tertiary/aromatic N) is 3. The van der Waals surface area contributed by atoms with Crippen LogP contribution in [0.5, 0.6) is 5.75 Å². The molecule has 3 aromatic rings. The fourth-order valence-electron chi connectivity index (χ4n) is 4.40. The van der Waals surface area contributed by atoms with E-state index in [0.29, 0.717) is 18.2 Å². The summed E-state index contributed by atoms with van der Waals surface area (Å²) in [4.78, 5) is 20.9. The smallest absolute Gasteiger partial charge is 0.283 e. The summed E-state index contributed by atoms with van der Waals surface area (Å²) in [5.74, 6) is 0.714. The first kappa shape index (κ1) is 19.3. The zero-order chi connectivity index (χ0) is 20.5. The Kier molecular flexibility index (Phi) is 5.26. The fourth-order valence-corrected chi connectivity index (χ4v) is 5.41. The molecule has 0 unspecified atom stereocenters. The molecule has 156 valence electrons. The number of aliphatic hydroxyl groups is 1. The van der Waals surface area contributed by atoms with Crippen molar-refractivity contribution in [2.75, 3.05) is 19.8 Å². The number of hydrogen-bond acceptors (Lipinski definition) is 6. The van der Waals surface area contributed by atoms with E-state index in [1.807, 2.05) is 29.3 Å². The number of amides is 1. The van der Waals surface area contributed by atoms with Gasteiger partial charge in [-0.2, -0.15) is 5.10 Å². The van der Waals surface area contributed by atoms with Crippen molar-refractivity contribution in [1.29, 1.82) is 0 Å². The van der Waals surface area contributed by atoms with Gasteiger partial charge in [-0.25, -0.2) is 4.98 Å². The quantitative estimate of drug-likeness (QED) is 0.654. The minimum absolute atomic E-state index is 0.0270. The summed E-state index contributed by atoms with van der Waals surface area (Å²) in [6, 6.07) is 6.26. The molecule has 3 heterocycles. The Morgan fingerprint density at radius 3 is 2.93 bits per heavy atom. The van der Waals surface area contributed by atoms with Crippen LogP contribution >= 0.6 is 11.3 Å². The molecule has 1 aliphatic heterocycles. The Hall–Kier alpha value is -2.71. The number of thiazole rings is 1. The lowest BCUT2D eigenvalue weighted by molar-refractivity contribution is 0.0637. The first-order chi connectivity index (χ1) is 14.7. The molecule has 0 bridgehead atoms. The Morgan fingerprint density at radius 2 is 2.17 bits per heavy atom. The Bertz CT molecular complexity index is 1040. The zero-order valence-electron chi connectivity index (χ0n) is 16.6. The van der Waals surface area contributed by atoms with Crippen molar-refractivity contribution < 1.29 is 14.6 Å². The summed E-state index contributed by atoms with van der Waals surface area (Å²) in [5.41, 5.74) is 3.77. The minimum Gasteiger partial charge on any atom is -0.492 e. The van der Waals surface area contributed by atoms with E-state index in [-0.39, 0.29) is 18.6 Å². The van der Waals surface area contributed by atoms with Gasteiger partial charge in [0, 0.05) is 41.2 Å². The van der Waals surface area contributed by atoms with Crippen molar-refractivity contribution in [3.8, 4) is 28.1 Å². The summed E-state index contributed by atoms with van der Waals surface area (Å²) < 4.78 is 6.00. The number of H-pyrrole nitrogens is 1. The normalized spacial score (nSPS) is 15.9. The molecule has 5 rings (SSSR count). The third-order valence-electron chi connectivity index (χ3n) is 5.90. The van der Waals surface area contributed by atoms with Gasteiger partial charge in [-0.3, -0.25) is 9.89 Å². The molecule has 7 nitrogen and oxygen atoms in total. The molecule has 1 aliphatic carbocycles. The van der Waals surface area contributed by atoms with Crippen molar-refractivity contribution in [2.24, 2.45) is 0 Å². The van der Waals surface area contributed by atoms with E-state index in [9.17, 15) is 9.90 Å². The predicted octanol–water partition coefficient (Wildman–Crippen LogP) is 3.51. The Balaban J connectivity index is 1.48. The summed E-state index contributed by atoms with van der Waals surface area (Å²) in [7, 11) is 0. The van der Waals surface area contributed by atoms with Gasteiger partial charge in [-0.05, 0) is 30.5 Å². The largest absolute Gasteiger partial charge is 0.492 e. The molecule has 1 saturated carbocycles. The van der Waals surface area contributed by atoms with Crippen LogP contribution in [0.3, 0.4) is 0 Å². The van der Waals surface area contributed by atoms with Crippen LogP contribution < -0.4 is 4.74 Å². The SMILES string of the molecule is O=C(c1nc2c(s1)CCOc1cc(-c3cn[nH]c3)ccc1-2)N(CCO)C1CCCC1. The molecular weight excluding hydrogens is 400 g/mol. The number of carbonyl (C=O) groups excluding carboxylic acids is 1. The third kappa shape index (κ3) is 3.50. The van der Waals surface area contributed by atoms with E-state index < -0.39 is 0 Å². The topological polar surface area (TPSA) is 91.3 Å². The van der Waals surface area contributed by atoms with Crippen LogP contribution in [0.4, 0.5) is 0 Å². The second-order valence-electron chi connectivity index (χ2n) is 7.75. The van der Waals surface area contributed by atoms with Gasteiger partial charge in [0.2, 0.25) is 0 Å². The lowest BCUT2D eigenvalue weighted by Gasteiger charge is -2.27. The molecule has 1 amide bonds. The molecule has 2 aliphatic rings. The first-order valence-electron chi connectivity index (χ1n) is 10.4. The summed E-state index contributed by atoms with van der Waals surface area (Å²) >= 11 is 1.46. The third-order valence-corrected chi connectivity index (χ3v) is 7.01. The number of aliphatic hydroxyl groups excluding tert-OH is 1. The average molecular weight is 425 g/mol. The van der Waals surface area contributed by atoms with Crippen LogP contribution in [0.15, 0.2) is 30.6 Å². The van der Waals surface area contributed by atoms with Crippen LogP contribution in [0, 0.1) is 0 Å². The molecule has 1 aromatic carbocycles. The zero-order valence-corrected chi connectivity index (χ0v) is 17.5. The molecule has 8 heteroatoms. The molecule has 2 N–H and O–H groups in total. The molecule has 2 aromatic heterocycles. The molecule has 0 saturated heterocycles. The van der Waals surface area contributed by atoms with Gasteiger partial charge in [-0.1, -0.05) is 18.9 Å². The van der Waals surface area contributed by atoms with E-state index in [2.05, 4.69) is 10.2 Å². The lowest BCUT2D eigenvalue weighted by atomic mass is 10.0. The molecule has 1 fully saturated rings. The van der Waals surface area contributed by atoms with Gasteiger partial charge in [0.1, 0.15) is 5.75 Å². The fraction of sp³-hybridized carbons (Fsp3) is 0.409. The van der Waals surface area contributed by atoms with Crippen molar-refractivity contribution in [1.82, 2.24) is 20.1 Å². The maximum atomic E-state index is 13.3. The number of ether oxygens (including phenoxy) is 1. The van der Waals surface area contributed by atoms with E-state index in [4.69, 9.17) is 9.72 Å². The van der Waals surface area contributed by atoms with E-state index in [1.165, 1.54) is 11.3 Å². The van der Waals surface area contributed by atoms with Crippen LogP contribution in [0.2, 0.25) is 0 Å². The predicted molar refractivity (Wildman–Crippen MR) is 115 cm³/mol. The highest BCUT2D eigenvalue weighted by Crippen LogP contribution is 2.40. The highest BCUT2D eigenvalue weighted by atomic mass is 32.1. The molecule has 30 heavy (non-hydrogen) atoms. The summed E-state index contributed by atoms with van der Waals surface area (Å²) in [6.45, 7) is 0.885. The van der Waals surface area contributed by atoms with Crippen molar-refractivity contribution in [2.45, 2.75) is 38.1 Å². The number of nitrogens with one attached hydrogen (secondary N) is 1. The molecular formula is C22H24N4O3S. The van der Waals surface area contributed by atoms with Crippen LogP contribution in [-0.2, 0) is 6.42 Å². The molecule has 0 radical (unpaired) electrons. The summed E-state index contributed by atoms with van der Waals surface area (Å²) in [5, 5.41) is 16.8. The van der Waals surface area contributed by atoms with Gasteiger partial charge >= 0.3 is 0 Å². The van der Waals surface area contributed by atoms with Crippen LogP contribution in [-0.4, -0.2) is 56.9 Å². The van der Waals surface area contributed by atoms with Gasteiger partial charge in [0.25, 0.3) is 5.91 Å². The van der Waals surface area contributed by atoms with Crippen LogP contribution in [0.25, 0.3) is 22.4 Å². The van der Waals surface area contributed by atoms with Crippen LogP contribution in [0.1, 0.15) is 40.4 Å². The Labute approximate surface area is 178 Å². The van der Waals surface area contributed by atoms with Crippen molar-refractivity contribution in [3.05, 3.63) is 40.5 Å². The van der Waals surface area contributed by atoms with Gasteiger partial charge in [0.05, 0.1) is 25.1 Å². The molecule has 0 spiro atoms.